The Hall–Kier alpha value is -2.38. The van der Waals surface area contributed by atoms with E-state index in [1.165, 1.54) is 10.4 Å². The van der Waals surface area contributed by atoms with Crippen molar-refractivity contribution in [2.75, 3.05) is 18.0 Å². The molecule has 0 radical (unpaired) electrons. The highest BCUT2D eigenvalue weighted by Crippen LogP contribution is 2.36. The lowest BCUT2D eigenvalue weighted by Crippen LogP contribution is -2.33. The SMILES string of the molecule is CCc1nc(N2CCC(c3nc(-c4ccncc4)cs3)CC2)c2ccsc2n1. The minimum atomic E-state index is 0.530. The van der Waals surface area contributed by atoms with Gasteiger partial charge < -0.3 is 4.90 Å². The average Bonchev–Trinajstić information content (AvgIpc) is 3.43. The first-order valence-electron chi connectivity index (χ1n) is 9.66. The van der Waals surface area contributed by atoms with Crippen molar-refractivity contribution >= 4 is 38.7 Å². The molecule has 1 saturated heterocycles. The summed E-state index contributed by atoms with van der Waals surface area (Å²) in [5, 5.41) is 6.73. The molecule has 4 aromatic rings. The first-order valence-corrected chi connectivity index (χ1v) is 11.4. The van der Waals surface area contributed by atoms with Crippen LogP contribution >= 0.6 is 22.7 Å². The minimum absolute atomic E-state index is 0.530. The number of pyridine rings is 1. The molecule has 0 amide bonds. The fraction of sp³-hybridized carbons (Fsp3) is 0.333. The third-order valence-electron chi connectivity index (χ3n) is 5.31. The molecule has 1 aliphatic rings. The van der Waals surface area contributed by atoms with Gasteiger partial charge in [0.25, 0.3) is 0 Å². The molecule has 1 aliphatic heterocycles. The molecule has 0 atom stereocenters. The summed E-state index contributed by atoms with van der Waals surface area (Å²) in [5.41, 5.74) is 2.20. The lowest BCUT2D eigenvalue weighted by Gasteiger charge is -2.32. The van der Waals surface area contributed by atoms with Crippen molar-refractivity contribution < 1.29 is 0 Å². The molecular weight excluding hydrogens is 386 g/mol. The third-order valence-corrected chi connectivity index (χ3v) is 7.12. The predicted octanol–water partition coefficient (Wildman–Crippen LogP) is 5.16. The largest absolute Gasteiger partial charge is 0.356 e. The van der Waals surface area contributed by atoms with Crippen LogP contribution in [0.2, 0.25) is 0 Å². The lowest BCUT2D eigenvalue weighted by atomic mass is 9.97. The van der Waals surface area contributed by atoms with Crippen LogP contribution in [-0.4, -0.2) is 33.0 Å². The number of hydrogen-bond donors (Lipinski definition) is 0. The highest BCUT2D eigenvalue weighted by Gasteiger charge is 2.25. The van der Waals surface area contributed by atoms with E-state index in [1.807, 2.05) is 24.5 Å². The summed E-state index contributed by atoms with van der Waals surface area (Å²) in [6, 6.07) is 6.20. The predicted molar refractivity (Wildman–Crippen MR) is 116 cm³/mol. The summed E-state index contributed by atoms with van der Waals surface area (Å²) in [6.45, 7) is 4.15. The number of anilines is 1. The maximum atomic E-state index is 4.92. The Morgan fingerprint density at radius 3 is 2.64 bits per heavy atom. The molecule has 5 heterocycles. The van der Waals surface area contributed by atoms with E-state index < -0.39 is 0 Å². The monoisotopic (exact) mass is 407 g/mol. The summed E-state index contributed by atoms with van der Waals surface area (Å²) >= 11 is 3.49. The molecule has 28 heavy (non-hydrogen) atoms. The van der Waals surface area contributed by atoms with Gasteiger partial charge in [-0.2, -0.15) is 0 Å². The second-order valence-electron chi connectivity index (χ2n) is 7.02. The van der Waals surface area contributed by atoms with Crippen LogP contribution in [0.1, 0.15) is 36.5 Å². The normalized spacial score (nSPS) is 15.4. The van der Waals surface area contributed by atoms with Crippen molar-refractivity contribution in [3.8, 4) is 11.3 Å². The Labute approximate surface area is 172 Å². The van der Waals surface area contributed by atoms with Gasteiger partial charge in [-0.15, -0.1) is 22.7 Å². The van der Waals surface area contributed by atoms with Crippen LogP contribution in [0.4, 0.5) is 5.82 Å². The van der Waals surface area contributed by atoms with Crippen LogP contribution < -0.4 is 4.90 Å². The Morgan fingerprint density at radius 2 is 1.86 bits per heavy atom. The molecule has 0 N–H and O–H groups in total. The lowest BCUT2D eigenvalue weighted by molar-refractivity contribution is 0.501. The molecular formula is C21H21N5S2. The van der Waals surface area contributed by atoms with E-state index in [2.05, 4.69) is 38.6 Å². The molecule has 0 unspecified atom stereocenters. The summed E-state index contributed by atoms with van der Waals surface area (Å²) in [6.07, 6.45) is 6.74. The van der Waals surface area contributed by atoms with Crippen molar-refractivity contribution in [1.29, 1.82) is 0 Å². The summed E-state index contributed by atoms with van der Waals surface area (Å²) < 4.78 is 0. The van der Waals surface area contributed by atoms with Crippen LogP contribution in [0.15, 0.2) is 41.4 Å². The van der Waals surface area contributed by atoms with E-state index in [0.717, 1.165) is 60.1 Å². The molecule has 142 valence electrons. The van der Waals surface area contributed by atoms with Gasteiger partial charge in [0.05, 0.1) is 16.1 Å². The van der Waals surface area contributed by atoms with Gasteiger partial charge >= 0.3 is 0 Å². The number of thiazole rings is 1. The number of nitrogens with zero attached hydrogens (tertiary/aromatic N) is 5. The van der Waals surface area contributed by atoms with Crippen molar-refractivity contribution in [2.45, 2.75) is 32.1 Å². The highest BCUT2D eigenvalue weighted by atomic mass is 32.1. The van der Waals surface area contributed by atoms with E-state index in [9.17, 15) is 0 Å². The number of fused-ring (bicyclic) bond motifs is 1. The van der Waals surface area contributed by atoms with Gasteiger partial charge in [-0.05, 0) is 36.4 Å². The average molecular weight is 408 g/mol. The number of rotatable bonds is 4. The first kappa shape index (κ1) is 17.7. The van der Waals surface area contributed by atoms with Gasteiger partial charge in [0, 0.05) is 48.8 Å². The maximum absolute atomic E-state index is 4.92. The number of aromatic nitrogens is 4. The molecule has 0 aliphatic carbocycles. The minimum Gasteiger partial charge on any atom is -0.356 e. The molecule has 5 rings (SSSR count). The molecule has 5 nitrogen and oxygen atoms in total. The molecule has 0 bridgehead atoms. The van der Waals surface area contributed by atoms with Crippen LogP contribution in [0.3, 0.4) is 0 Å². The van der Waals surface area contributed by atoms with Crippen LogP contribution in [0.5, 0.6) is 0 Å². The van der Waals surface area contributed by atoms with E-state index in [4.69, 9.17) is 9.97 Å². The Bertz CT molecular complexity index is 1080. The molecule has 1 fully saturated rings. The van der Waals surface area contributed by atoms with Crippen molar-refractivity contribution in [2.24, 2.45) is 0 Å². The van der Waals surface area contributed by atoms with Crippen LogP contribution in [-0.2, 0) is 6.42 Å². The fourth-order valence-corrected chi connectivity index (χ4v) is 5.53. The first-order chi connectivity index (χ1) is 13.8. The van der Waals surface area contributed by atoms with Gasteiger partial charge in [0.2, 0.25) is 0 Å². The fourth-order valence-electron chi connectivity index (χ4n) is 3.75. The van der Waals surface area contributed by atoms with Crippen molar-refractivity contribution in [3.05, 3.63) is 52.2 Å². The molecule has 0 aromatic carbocycles. The van der Waals surface area contributed by atoms with Crippen molar-refractivity contribution in [3.63, 3.8) is 0 Å². The Morgan fingerprint density at radius 1 is 1.04 bits per heavy atom. The summed E-state index contributed by atoms with van der Waals surface area (Å²) in [4.78, 5) is 22.1. The zero-order valence-electron chi connectivity index (χ0n) is 15.7. The van der Waals surface area contributed by atoms with Crippen molar-refractivity contribution in [1.82, 2.24) is 19.9 Å². The molecule has 4 aromatic heterocycles. The van der Waals surface area contributed by atoms with E-state index >= 15 is 0 Å². The number of thiophene rings is 1. The number of aryl methyl sites for hydroxylation is 1. The van der Waals surface area contributed by atoms with E-state index in [-0.39, 0.29) is 0 Å². The quantitative estimate of drug-likeness (QED) is 0.468. The second kappa shape index (κ2) is 7.56. The van der Waals surface area contributed by atoms with Gasteiger partial charge in [-0.1, -0.05) is 6.92 Å². The maximum Gasteiger partial charge on any atom is 0.141 e. The highest BCUT2D eigenvalue weighted by molar-refractivity contribution is 7.16. The van der Waals surface area contributed by atoms with Gasteiger partial charge in [-0.3, -0.25) is 4.98 Å². The second-order valence-corrected chi connectivity index (χ2v) is 8.81. The molecule has 7 heteroatoms. The van der Waals surface area contributed by atoms with Crippen LogP contribution in [0.25, 0.3) is 21.5 Å². The molecule has 0 saturated carbocycles. The molecule has 0 spiro atoms. The third kappa shape index (κ3) is 3.29. The van der Waals surface area contributed by atoms with Gasteiger partial charge in [-0.25, -0.2) is 15.0 Å². The zero-order valence-corrected chi connectivity index (χ0v) is 17.3. The summed E-state index contributed by atoms with van der Waals surface area (Å²) in [5.74, 6) is 2.58. The number of piperidine rings is 1. The van der Waals surface area contributed by atoms with Gasteiger partial charge in [0.15, 0.2) is 0 Å². The standard InChI is InChI=1S/C21H21N5S2/c1-2-18-24-19(16-7-12-27-21(16)25-18)26-10-5-15(6-11-26)20-23-17(13-28-20)14-3-8-22-9-4-14/h3-4,7-9,12-13,15H,2,5-6,10-11H2,1H3. The zero-order chi connectivity index (χ0) is 18.9. The van der Waals surface area contributed by atoms with Crippen LogP contribution in [0, 0.1) is 0 Å². The van der Waals surface area contributed by atoms with E-state index in [0.29, 0.717) is 5.92 Å². The Balaban J connectivity index is 1.33. The smallest absolute Gasteiger partial charge is 0.141 e. The topological polar surface area (TPSA) is 54.8 Å². The van der Waals surface area contributed by atoms with Gasteiger partial charge in [0.1, 0.15) is 16.5 Å². The Kier molecular flexibility index (Phi) is 4.78. The van der Waals surface area contributed by atoms with E-state index in [1.54, 1.807) is 22.7 Å². The summed E-state index contributed by atoms with van der Waals surface area (Å²) in [7, 11) is 0. The number of hydrogen-bond acceptors (Lipinski definition) is 7.